The van der Waals surface area contributed by atoms with E-state index in [2.05, 4.69) is 38.4 Å². The van der Waals surface area contributed by atoms with Gasteiger partial charge >= 0.3 is 0 Å². The number of anilines is 1. The summed E-state index contributed by atoms with van der Waals surface area (Å²) in [7, 11) is 0. The Labute approximate surface area is 92.8 Å². The quantitative estimate of drug-likeness (QED) is 0.497. The van der Waals surface area contributed by atoms with Crippen LogP contribution in [0.5, 0.6) is 0 Å². The van der Waals surface area contributed by atoms with Gasteiger partial charge in [-0.15, -0.1) is 0 Å². The molecule has 1 N–H and O–H groups in total. The molecule has 0 aliphatic carbocycles. The molecule has 1 rings (SSSR count). The molecular formula is C10H14BrN3. The second-order valence-electron chi connectivity index (χ2n) is 2.90. The van der Waals surface area contributed by atoms with Crippen molar-refractivity contribution in [3.05, 3.63) is 22.8 Å². The van der Waals surface area contributed by atoms with Crippen molar-refractivity contribution in [2.24, 2.45) is 5.10 Å². The van der Waals surface area contributed by atoms with Crippen molar-refractivity contribution in [3.8, 4) is 0 Å². The van der Waals surface area contributed by atoms with Crippen LogP contribution in [0.15, 0.2) is 27.9 Å². The second-order valence-corrected chi connectivity index (χ2v) is 3.75. The predicted molar refractivity (Wildman–Crippen MR) is 63.6 cm³/mol. The first-order valence-corrected chi connectivity index (χ1v) is 5.52. The van der Waals surface area contributed by atoms with Crippen molar-refractivity contribution in [1.82, 2.24) is 4.98 Å². The SMILES string of the molecule is CCCC/C=N/Nc1ncccc1Br. The van der Waals surface area contributed by atoms with Crippen molar-refractivity contribution < 1.29 is 0 Å². The number of rotatable bonds is 5. The highest BCUT2D eigenvalue weighted by Gasteiger charge is 1.95. The summed E-state index contributed by atoms with van der Waals surface area (Å²) < 4.78 is 0.924. The monoisotopic (exact) mass is 255 g/mol. The maximum Gasteiger partial charge on any atom is 0.160 e. The zero-order valence-electron chi connectivity index (χ0n) is 8.20. The smallest absolute Gasteiger partial charge is 0.160 e. The van der Waals surface area contributed by atoms with E-state index in [1.54, 1.807) is 6.20 Å². The molecule has 0 aliphatic rings. The Morgan fingerprint density at radius 3 is 3.21 bits per heavy atom. The summed E-state index contributed by atoms with van der Waals surface area (Å²) in [5.74, 6) is 0.750. The predicted octanol–water partition coefficient (Wildman–Crippen LogP) is 3.43. The number of pyridine rings is 1. The highest BCUT2D eigenvalue weighted by Crippen LogP contribution is 2.17. The lowest BCUT2D eigenvalue weighted by atomic mass is 10.3. The third-order valence-corrected chi connectivity index (χ3v) is 2.35. The molecule has 0 bridgehead atoms. The molecule has 0 amide bonds. The van der Waals surface area contributed by atoms with E-state index in [-0.39, 0.29) is 0 Å². The van der Waals surface area contributed by atoms with Crippen LogP contribution in [0.4, 0.5) is 5.82 Å². The molecule has 0 radical (unpaired) electrons. The molecule has 1 aromatic heterocycles. The minimum absolute atomic E-state index is 0.750. The summed E-state index contributed by atoms with van der Waals surface area (Å²) in [5, 5.41) is 4.07. The summed E-state index contributed by atoms with van der Waals surface area (Å²) in [6.45, 7) is 2.16. The van der Waals surface area contributed by atoms with Gasteiger partial charge in [0.25, 0.3) is 0 Å². The molecule has 0 spiro atoms. The van der Waals surface area contributed by atoms with Crippen LogP contribution in [0.3, 0.4) is 0 Å². The van der Waals surface area contributed by atoms with E-state index in [9.17, 15) is 0 Å². The Morgan fingerprint density at radius 1 is 1.64 bits per heavy atom. The van der Waals surface area contributed by atoms with E-state index in [0.29, 0.717) is 0 Å². The Morgan fingerprint density at radius 2 is 2.50 bits per heavy atom. The molecule has 0 fully saturated rings. The third kappa shape index (κ3) is 3.87. The van der Waals surface area contributed by atoms with E-state index < -0.39 is 0 Å². The number of halogens is 1. The zero-order chi connectivity index (χ0) is 10.2. The molecule has 0 aromatic carbocycles. The summed E-state index contributed by atoms with van der Waals surface area (Å²) >= 11 is 3.38. The van der Waals surface area contributed by atoms with Crippen molar-refractivity contribution in [1.29, 1.82) is 0 Å². The molecule has 4 heteroatoms. The molecular weight excluding hydrogens is 242 g/mol. The highest BCUT2D eigenvalue weighted by atomic mass is 79.9. The molecule has 0 atom stereocenters. The van der Waals surface area contributed by atoms with Gasteiger partial charge in [0, 0.05) is 12.4 Å². The van der Waals surface area contributed by atoms with Gasteiger partial charge < -0.3 is 0 Å². The van der Waals surface area contributed by atoms with Gasteiger partial charge in [0.15, 0.2) is 5.82 Å². The maximum absolute atomic E-state index is 4.12. The zero-order valence-corrected chi connectivity index (χ0v) is 9.79. The molecule has 0 unspecified atom stereocenters. The fraction of sp³-hybridized carbons (Fsp3) is 0.400. The molecule has 3 nitrogen and oxygen atoms in total. The Bertz CT molecular complexity index is 299. The molecule has 0 saturated carbocycles. The van der Waals surface area contributed by atoms with E-state index in [4.69, 9.17) is 0 Å². The van der Waals surface area contributed by atoms with Gasteiger partial charge in [-0.1, -0.05) is 13.3 Å². The number of hydrogen-bond donors (Lipinski definition) is 1. The summed E-state index contributed by atoms with van der Waals surface area (Å²) in [5.41, 5.74) is 2.88. The lowest BCUT2D eigenvalue weighted by molar-refractivity contribution is 0.841. The molecule has 14 heavy (non-hydrogen) atoms. The topological polar surface area (TPSA) is 37.3 Å². The fourth-order valence-electron chi connectivity index (χ4n) is 0.935. The van der Waals surface area contributed by atoms with Gasteiger partial charge in [-0.2, -0.15) is 5.10 Å². The van der Waals surface area contributed by atoms with Crippen LogP contribution in [0.1, 0.15) is 26.2 Å². The molecule has 76 valence electrons. The molecule has 1 heterocycles. The highest BCUT2D eigenvalue weighted by molar-refractivity contribution is 9.10. The Hall–Kier alpha value is -0.900. The van der Waals surface area contributed by atoms with Gasteiger partial charge in [-0.3, -0.25) is 5.43 Å². The molecule has 0 aliphatic heterocycles. The average molecular weight is 256 g/mol. The standard InChI is InChI=1S/C10H14BrN3/c1-2-3-4-8-13-14-10-9(11)6-5-7-12-10/h5-8H,2-4H2,1H3,(H,12,14)/b13-8+. The maximum atomic E-state index is 4.12. The normalized spacial score (nSPS) is 10.7. The van der Waals surface area contributed by atoms with Gasteiger partial charge in [-0.05, 0) is 40.9 Å². The van der Waals surface area contributed by atoms with E-state index >= 15 is 0 Å². The van der Waals surface area contributed by atoms with Crippen LogP contribution in [-0.2, 0) is 0 Å². The first-order valence-electron chi connectivity index (χ1n) is 4.72. The van der Waals surface area contributed by atoms with Crippen LogP contribution in [0.2, 0.25) is 0 Å². The number of hydrazone groups is 1. The number of nitrogens with one attached hydrogen (secondary N) is 1. The minimum Gasteiger partial charge on any atom is -0.261 e. The van der Waals surface area contributed by atoms with E-state index in [1.807, 2.05) is 18.3 Å². The first kappa shape index (κ1) is 11.2. The van der Waals surface area contributed by atoms with Crippen LogP contribution in [0.25, 0.3) is 0 Å². The van der Waals surface area contributed by atoms with Crippen molar-refractivity contribution >= 4 is 28.0 Å². The van der Waals surface area contributed by atoms with Crippen LogP contribution in [0, 0.1) is 0 Å². The molecule has 0 saturated heterocycles. The third-order valence-electron chi connectivity index (χ3n) is 1.71. The second kappa shape index (κ2) is 6.54. The molecule has 1 aromatic rings. The average Bonchev–Trinajstić information content (AvgIpc) is 2.20. The lowest BCUT2D eigenvalue weighted by Gasteiger charge is -2.00. The van der Waals surface area contributed by atoms with Crippen molar-refractivity contribution in [2.75, 3.05) is 5.43 Å². The van der Waals surface area contributed by atoms with E-state index in [1.165, 1.54) is 12.8 Å². The largest absolute Gasteiger partial charge is 0.261 e. The van der Waals surface area contributed by atoms with Gasteiger partial charge in [0.05, 0.1) is 4.47 Å². The summed E-state index contributed by atoms with van der Waals surface area (Å²) in [4.78, 5) is 4.12. The lowest BCUT2D eigenvalue weighted by Crippen LogP contribution is -1.93. The number of hydrogen-bond acceptors (Lipinski definition) is 3. The summed E-state index contributed by atoms with van der Waals surface area (Å²) in [6.07, 6.45) is 6.99. The van der Waals surface area contributed by atoms with Crippen LogP contribution < -0.4 is 5.43 Å². The number of unbranched alkanes of at least 4 members (excludes halogenated alkanes) is 2. The minimum atomic E-state index is 0.750. The fourth-order valence-corrected chi connectivity index (χ4v) is 1.28. The number of aromatic nitrogens is 1. The first-order chi connectivity index (χ1) is 6.84. The van der Waals surface area contributed by atoms with Gasteiger partial charge in [-0.25, -0.2) is 4.98 Å². The Kier molecular flexibility index (Phi) is 5.22. The van der Waals surface area contributed by atoms with Crippen molar-refractivity contribution in [2.45, 2.75) is 26.2 Å². The van der Waals surface area contributed by atoms with Gasteiger partial charge in [0.1, 0.15) is 0 Å². The number of nitrogens with zero attached hydrogens (tertiary/aromatic N) is 2. The van der Waals surface area contributed by atoms with Crippen molar-refractivity contribution in [3.63, 3.8) is 0 Å². The van der Waals surface area contributed by atoms with Crippen LogP contribution >= 0.6 is 15.9 Å². The Balaban J connectivity index is 2.38. The van der Waals surface area contributed by atoms with Gasteiger partial charge in [0.2, 0.25) is 0 Å². The van der Waals surface area contributed by atoms with E-state index in [0.717, 1.165) is 16.7 Å². The summed E-state index contributed by atoms with van der Waals surface area (Å²) in [6, 6.07) is 3.80. The van der Waals surface area contributed by atoms with Crippen LogP contribution in [-0.4, -0.2) is 11.2 Å².